The lowest BCUT2D eigenvalue weighted by Crippen LogP contribution is -2.39. The quantitative estimate of drug-likeness (QED) is 0.824. The van der Waals surface area contributed by atoms with Crippen molar-refractivity contribution in [2.75, 3.05) is 44.3 Å². The average Bonchev–Trinajstić information content (AvgIpc) is 3.19. The second-order valence-corrected chi connectivity index (χ2v) is 7.23. The van der Waals surface area contributed by atoms with E-state index in [1.54, 1.807) is 6.07 Å². The molecule has 0 saturated carbocycles. The largest absolute Gasteiger partial charge is 0.378 e. The summed E-state index contributed by atoms with van der Waals surface area (Å²) < 4.78 is 10.7. The molecule has 2 fully saturated rings. The van der Waals surface area contributed by atoms with Crippen LogP contribution in [0.5, 0.6) is 0 Å². The molecule has 26 heavy (non-hydrogen) atoms. The van der Waals surface area contributed by atoms with Crippen molar-refractivity contribution in [3.8, 4) is 0 Å². The number of aromatic nitrogens is 1. The van der Waals surface area contributed by atoms with Gasteiger partial charge in [-0.3, -0.25) is 4.79 Å². The van der Waals surface area contributed by atoms with E-state index in [0.717, 1.165) is 37.5 Å². The number of anilines is 1. The molecule has 2 saturated heterocycles. The van der Waals surface area contributed by atoms with Crippen molar-refractivity contribution in [3.05, 3.63) is 46.7 Å². The summed E-state index contributed by atoms with van der Waals surface area (Å²) in [7, 11) is 0. The van der Waals surface area contributed by atoms with Crippen LogP contribution in [-0.4, -0.2) is 55.4 Å². The van der Waals surface area contributed by atoms with Gasteiger partial charge in [0.2, 0.25) is 5.76 Å². The Morgan fingerprint density at radius 3 is 2.69 bits per heavy atom. The van der Waals surface area contributed by atoms with Gasteiger partial charge in [-0.1, -0.05) is 28.9 Å². The zero-order valence-electron chi connectivity index (χ0n) is 14.6. The van der Waals surface area contributed by atoms with E-state index in [2.05, 4.69) is 10.1 Å². The van der Waals surface area contributed by atoms with E-state index in [-0.39, 0.29) is 5.91 Å². The standard InChI is InChI=1S/C19H22ClN3O3/c20-16-5-3-14(4-6-16)15-2-1-7-23(13-15)19(24)17-12-18(21-26-17)22-8-10-25-11-9-22/h3-6,12,15H,1-2,7-11,13H2. The van der Waals surface area contributed by atoms with Crippen molar-refractivity contribution in [1.82, 2.24) is 10.1 Å². The molecule has 138 valence electrons. The van der Waals surface area contributed by atoms with E-state index in [1.807, 2.05) is 29.2 Å². The highest BCUT2D eigenvalue weighted by Crippen LogP contribution is 2.29. The monoisotopic (exact) mass is 375 g/mol. The van der Waals surface area contributed by atoms with Gasteiger partial charge in [-0.25, -0.2) is 0 Å². The van der Waals surface area contributed by atoms with Crippen molar-refractivity contribution in [2.45, 2.75) is 18.8 Å². The molecule has 1 amide bonds. The first-order valence-corrected chi connectivity index (χ1v) is 9.42. The van der Waals surface area contributed by atoms with Gasteiger partial charge in [0.05, 0.1) is 13.2 Å². The molecule has 0 bridgehead atoms. The predicted octanol–water partition coefficient (Wildman–Crippen LogP) is 3.18. The van der Waals surface area contributed by atoms with E-state index in [4.69, 9.17) is 20.9 Å². The van der Waals surface area contributed by atoms with E-state index in [9.17, 15) is 4.79 Å². The van der Waals surface area contributed by atoms with Crippen molar-refractivity contribution >= 4 is 23.3 Å². The molecule has 2 aliphatic heterocycles. The number of halogens is 1. The first-order valence-electron chi connectivity index (χ1n) is 9.05. The molecular weight excluding hydrogens is 354 g/mol. The molecule has 1 aromatic carbocycles. The Bertz CT molecular complexity index is 756. The van der Waals surface area contributed by atoms with E-state index < -0.39 is 0 Å². The van der Waals surface area contributed by atoms with Crippen LogP contribution in [0.25, 0.3) is 0 Å². The fourth-order valence-electron chi connectivity index (χ4n) is 3.63. The van der Waals surface area contributed by atoms with Gasteiger partial charge >= 0.3 is 0 Å². The summed E-state index contributed by atoms with van der Waals surface area (Å²) in [6.07, 6.45) is 2.05. The van der Waals surface area contributed by atoms with Gasteiger partial charge in [0.1, 0.15) is 0 Å². The Labute approximate surface area is 157 Å². The predicted molar refractivity (Wildman–Crippen MR) is 98.9 cm³/mol. The van der Waals surface area contributed by atoms with E-state index in [0.29, 0.717) is 37.3 Å². The van der Waals surface area contributed by atoms with Crippen molar-refractivity contribution in [2.24, 2.45) is 0 Å². The van der Waals surface area contributed by atoms with Crippen LogP contribution in [0.1, 0.15) is 34.9 Å². The third-order valence-corrected chi connectivity index (χ3v) is 5.35. The smallest absolute Gasteiger partial charge is 0.292 e. The zero-order chi connectivity index (χ0) is 17.9. The summed E-state index contributed by atoms with van der Waals surface area (Å²) in [6, 6.07) is 9.66. The molecule has 1 aromatic heterocycles. The van der Waals surface area contributed by atoms with Gasteiger partial charge < -0.3 is 19.1 Å². The lowest BCUT2D eigenvalue weighted by atomic mass is 9.90. The number of carbonyl (C=O) groups excluding carboxylic acids is 1. The zero-order valence-corrected chi connectivity index (χ0v) is 15.3. The Kier molecular flexibility index (Phi) is 5.13. The number of amides is 1. The van der Waals surface area contributed by atoms with Gasteiger partial charge in [-0.05, 0) is 30.5 Å². The molecule has 0 radical (unpaired) electrons. The summed E-state index contributed by atoms with van der Waals surface area (Å²) in [5, 5.41) is 4.81. The summed E-state index contributed by atoms with van der Waals surface area (Å²) in [5.41, 5.74) is 1.22. The van der Waals surface area contributed by atoms with Gasteiger partial charge in [0.25, 0.3) is 5.91 Å². The molecule has 0 N–H and O–H groups in total. The number of morpholine rings is 1. The van der Waals surface area contributed by atoms with Crippen LogP contribution in [-0.2, 0) is 4.74 Å². The van der Waals surface area contributed by atoms with Crippen molar-refractivity contribution < 1.29 is 14.1 Å². The number of likely N-dealkylation sites (tertiary alicyclic amines) is 1. The molecular formula is C19H22ClN3O3. The maximum absolute atomic E-state index is 12.9. The molecule has 1 atom stereocenters. The summed E-state index contributed by atoms with van der Waals surface area (Å²) in [5.74, 6) is 1.26. The van der Waals surface area contributed by atoms with Crippen LogP contribution in [0.2, 0.25) is 5.02 Å². The van der Waals surface area contributed by atoms with E-state index in [1.165, 1.54) is 5.56 Å². The first-order chi connectivity index (χ1) is 12.7. The topological polar surface area (TPSA) is 58.8 Å². The molecule has 4 rings (SSSR count). The number of piperidine rings is 1. The second kappa shape index (κ2) is 7.68. The van der Waals surface area contributed by atoms with Gasteiger partial charge in [0, 0.05) is 43.2 Å². The molecule has 2 aliphatic rings. The summed E-state index contributed by atoms with van der Waals surface area (Å²) in [4.78, 5) is 16.8. The maximum atomic E-state index is 12.9. The fraction of sp³-hybridized carbons (Fsp3) is 0.474. The Balaban J connectivity index is 1.44. The Morgan fingerprint density at radius 2 is 1.92 bits per heavy atom. The molecule has 6 nitrogen and oxygen atoms in total. The summed E-state index contributed by atoms with van der Waals surface area (Å²) in [6.45, 7) is 4.31. The van der Waals surface area contributed by atoms with Crippen LogP contribution in [0.3, 0.4) is 0 Å². The van der Waals surface area contributed by atoms with Gasteiger partial charge in [0.15, 0.2) is 5.82 Å². The SMILES string of the molecule is O=C(c1cc(N2CCOCC2)no1)N1CCCC(c2ccc(Cl)cc2)C1. The molecule has 3 heterocycles. The van der Waals surface area contributed by atoms with Crippen LogP contribution >= 0.6 is 11.6 Å². The Morgan fingerprint density at radius 1 is 1.15 bits per heavy atom. The minimum absolute atomic E-state index is 0.0873. The number of nitrogens with zero attached hydrogens (tertiary/aromatic N) is 3. The maximum Gasteiger partial charge on any atom is 0.292 e. The fourth-order valence-corrected chi connectivity index (χ4v) is 3.76. The van der Waals surface area contributed by atoms with Crippen LogP contribution in [0.15, 0.2) is 34.9 Å². The minimum Gasteiger partial charge on any atom is -0.378 e. The highest BCUT2D eigenvalue weighted by molar-refractivity contribution is 6.30. The number of ether oxygens (including phenoxy) is 1. The molecule has 2 aromatic rings. The van der Waals surface area contributed by atoms with Crippen LogP contribution in [0, 0.1) is 0 Å². The lowest BCUT2D eigenvalue weighted by Gasteiger charge is -2.32. The third-order valence-electron chi connectivity index (χ3n) is 5.09. The number of benzene rings is 1. The normalized spacial score (nSPS) is 21.0. The van der Waals surface area contributed by atoms with Crippen LogP contribution in [0.4, 0.5) is 5.82 Å². The van der Waals surface area contributed by atoms with Gasteiger partial charge in [-0.2, -0.15) is 0 Å². The number of rotatable bonds is 3. The molecule has 0 aliphatic carbocycles. The highest BCUT2D eigenvalue weighted by atomic mass is 35.5. The van der Waals surface area contributed by atoms with Crippen molar-refractivity contribution in [3.63, 3.8) is 0 Å². The third kappa shape index (κ3) is 3.71. The second-order valence-electron chi connectivity index (χ2n) is 6.79. The number of hydrogen-bond donors (Lipinski definition) is 0. The van der Waals surface area contributed by atoms with E-state index >= 15 is 0 Å². The summed E-state index contributed by atoms with van der Waals surface area (Å²) >= 11 is 5.98. The average molecular weight is 376 g/mol. The first kappa shape index (κ1) is 17.4. The lowest BCUT2D eigenvalue weighted by molar-refractivity contribution is 0.0665. The number of hydrogen-bond acceptors (Lipinski definition) is 5. The Hall–Kier alpha value is -2.05. The molecule has 7 heteroatoms. The van der Waals surface area contributed by atoms with Gasteiger partial charge in [-0.15, -0.1) is 0 Å². The molecule has 0 spiro atoms. The minimum atomic E-state index is -0.0873. The van der Waals surface area contributed by atoms with Crippen molar-refractivity contribution in [1.29, 1.82) is 0 Å². The molecule has 1 unspecified atom stereocenters. The number of carbonyl (C=O) groups is 1. The van der Waals surface area contributed by atoms with Crippen LogP contribution < -0.4 is 4.90 Å². The highest BCUT2D eigenvalue weighted by Gasteiger charge is 2.28.